The molecule has 0 radical (unpaired) electrons. The van der Waals surface area contributed by atoms with Crippen LogP contribution in [0.1, 0.15) is 10.4 Å². The van der Waals surface area contributed by atoms with E-state index in [1.807, 2.05) is 36.4 Å². The number of hydrogen-bond donors (Lipinski definition) is 0. The van der Waals surface area contributed by atoms with E-state index < -0.39 is 0 Å². The van der Waals surface area contributed by atoms with Gasteiger partial charge in [-0.15, -0.1) is 0 Å². The SMILES string of the molecule is COc1ccccc1C(=O)C1C=CC=C1. The van der Waals surface area contributed by atoms with E-state index in [1.54, 1.807) is 19.2 Å². The number of allylic oxidation sites excluding steroid dienone is 4. The van der Waals surface area contributed by atoms with Gasteiger partial charge in [0.2, 0.25) is 0 Å². The van der Waals surface area contributed by atoms with Crippen molar-refractivity contribution in [2.75, 3.05) is 7.11 Å². The van der Waals surface area contributed by atoms with E-state index in [-0.39, 0.29) is 11.7 Å². The fourth-order valence-corrected chi connectivity index (χ4v) is 1.63. The molecular formula is C13H12O2. The smallest absolute Gasteiger partial charge is 0.177 e. The third-order valence-electron chi connectivity index (χ3n) is 2.42. The standard InChI is InChI=1S/C13H12O2/c1-15-12-9-5-4-8-11(12)13(14)10-6-2-3-7-10/h2-10H,1H3. The molecule has 0 N–H and O–H groups in total. The molecular weight excluding hydrogens is 188 g/mol. The van der Waals surface area contributed by atoms with E-state index in [9.17, 15) is 4.79 Å². The lowest BCUT2D eigenvalue weighted by atomic mass is 9.98. The molecule has 0 fully saturated rings. The van der Waals surface area contributed by atoms with Crippen molar-refractivity contribution < 1.29 is 9.53 Å². The number of carbonyl (C=O) groups excluding carboxylic acids is 1. The van der Waals surface area contributed by atoms with E-state index in [1.165, 1.54) is 0 Å². The van der Waals surface area contributed by atoms with Crippen LogP contribution in [0.2, 0.25) is 0 Å². The van der Waals surface area contributed by atoms with Crippen molar-refractivity contribution in [1.82, 2.24) is 0 Å². The van der Waals surface area contributed by atoms with Crippen molar-refractivity contribution in [1.29, 1.82) is 0 Å². The summed E-state index contributed by atoms with van der Waals surface area (Å²) in [6.45, 7) is 0. The Kier molecular flexibility index (Phi) is 2.68. The van der Waals surface area contributed by atoms with E-state index in [4.69, 9.17) is 4.74 Å². The first-order chi connectivity index (χ1) is 7.33. The predicted molar refractivity (Wildman–Crippen MR) is 59.1 cm³/mol. The summed E-state index contributed by atoms with van der Waals surface area (Å²) in [6.07, 6.45) is 7.54. The maximum absolute atomic E-state index is 12.0. The number of ketones is 1. The van der Waals surface area contributed by atoms with Gasteiger partial charge in [0.15, 0.2) is 5.78 Å². The van der Waals surface area contributed by atoms with Crippen molar-refractivity contribution in [3.63, 3.8) is 0 Å². The van der Waals surface area contributed by atoms with Gasteiger partial charge in [-0.25, -0.2) is 0 Å². The Labute approximate surface area is 88.9 Å². The van der Waals surface area contributed by atoms with Crippen LogP contribution in [0.25, 0.3) is 0 Å². The number of methoxy groups -OCH3 is 1. The Balaban J connectivity index is 2.32. The summed E-state index contributed by atoms with van der Waals surface area (Å²) in [5.41, 5.74) is 0.640. The van der Waals surface area contributed by atoms with Crippen molar-refractivity contribution in [3.05, 3.63) is 54.1 Å². The van der Waals surface area contributed by atoms with Gasteiger partial charge in [-0.3, -0.25) is 4.79 Å². The summed E-state index contributed by atoms with van der Waals surface area (Å²) in [7, 11) is 1.58. The van der Waals surface area contributed by atoms with Crippen LogP contribution in [0, 0.1) is 5.92 Å². The first-order valence-electron chi connectivity index (χ1n) is 4.85. The van der Waals surface area contributed by atoms with Gasteiger partial charge in [-0.05, 0) is 12.1 Å². The first kappa shape index (κ1) is 9.71. The topological polar surface area (TPSA) is 26.3 Å². The molecule has 2 rings (SSSR count). The normalized spacial score (nSPS) is 14.5. The van der Waals surface area contributed by atoms with Gasteiger partial charge in [0.25, 0.3) is 0 Å². The van der Waals surface area contributed by atoms with Crippen LogP contribution < -0.4 is 4.74 Å². The highest BCUT2D eigenvalue weighted by Gasteiger charge is 2.19. The van der Waals surface area contributed by atoms with Crippen molar-refractivity contribution >= 4 is 5.78 Å². The first-order valence-corrected chi connectivity index (χ1v) is 4.85. The van der Waals surface area contributed by atoms with Crippen molar-refractivity contribution in [2.24, 2.45) is 5.92 Å². The van der Waals surface area contributed by atoms with E-state index >= 15 is 0 Å². The molecule has 0 amide bonds. The molecule has 0 bridgehead atoms. The number of carbonyl (C=O) groups is 1. The second-order valence-electron chi connectivity index (χ2n) is 3.36. The van der Waals surface area contributed by atoms with Crippen LogP contribution in [0.15, 0.2) is 48.6 Å². The average Bonchev–Trinajstić information content (AvgIpc) is 2.81. The molecule has 0 spiro atoms. The molecule has 2 heteroatoms. The van der Waals surface area contributed by atoms with E-state index in [2.05, 4.69) is 0 Å². The largest absolute Gasteiger partial charge is 0.496 e. The Hall–Kier alpha value is -1.83. The van der Waals surface area contributed by atoms with Gasteiger partial charge in [0, 0.05) is 0 Å². The molecule has 15 heavy (non-hydrogen) atoms. The maximum Gasteiger partial charge on any atom is 0.177 e. The number of Topliss-reactive ketones (excluding diaryl/α,β-unsaturated/α-hetero) is 1. The lowest BCUT2D eigenvalue weighted by molar-refractivity contribution is 0.0963. The zero-order valence-corrected chi connectivity index (χ0v) is 8.51. The van der Waals surface area contributed by atoms with Gasteiger partial charge >= 0.3 is 0 Å². The summed E-state index contributed by atoms with van der Waals surface area (Å²) in [4.78, 5) is 12.0. The van der Waals surface area contributed by atoms with Crippen LogP contribution in [-0.2, 0) is 0 Å². The molecule has 0 saturated heterocycles. The molecule has 0 saturated carbocycles. The summed E-state index contributed by atoms with van der Waals surface area (Å²) in [5.74, 6) is 0.579. The minimum Gasteiger partial charge on any atom is -0.496 e. The molecule has 0 atom stereocenters. The second-order valence-corrected chi connectivity index (χ2v) is 3.36. The molecule has 1 aliphatic carbocycles. The quantitative estimate of drug-likeness (QED) is 0.701. The van der Waals surface area contributed by atoms with Gasteiger partial charge in [0.1, 0.15) is 5.75 Å². The third kappa shape index (κ3) is 1.84. The summed E-state index contributed by atoms with van der Waals surface area (Å²) in [5, 5.41) is 0. The van der Waals surface area contributed by atoms with E-state index in [0.29, 0.717) is 11.3 Å². The lowest BCUT2D eigenvalue weighted by Gasteiger charge is -2.09. The Morgan fingerprint density at radius 2 is 1.87 bits per heavy atom. The molecule has 0 aliphatic heterocycles. The molecule has 0 heterocycles. The zero-order chi connectivity index (χ0) is 10.7. The Morgan fingerprint density at radius 3 is 2.53 bits per heavy atom. The summed E-state index contributed by atoms with van der Waals surface area (Å²) in [6, 6.07) is 7.30. The number of rotatable bonds is 3. The molecule has 1 aromatic carbocycles. The minimum atomic E-state index is -0.138. The fraction of sp³-hybridized carbons (Fsp3) is 0.154. The average molecular weight is 200 g/mol. The van der Waals surface area contributed by atoms with Crippen molar-refractivity contribution in [2.45, 2.75) is 0 Å². The monoisotopic (exact) mass is 200 g/mol. The van der Waals surface area contributed by atoms with Gasteiger partial charge in [-0.1, -0.05) is 36.4 Å². The van der Waals surface area contributed by atoms with Crippen LogP contribution in [0.5, 0.6) is 5.75 Å². The Bertz CT molecular complexity index is 418. The van der Waals surface area contributed by atoms with Crippen LogP contribution >= 0.6 is 0 Å². The summed E-state index contributed by atoms with van der Waals surface area (Å²) >= 11 is 0. The summed E-state index contributed by atoms with van der Waals surface area (Å²) < 4.78 is 5.16. The second kappa shape index (κ2) is 4.13. The third-order valence-corrected chi connectivity index (χ3v) is 2.42. The van der Waals surface area contributed by atoms with Gasteiger partial charge < -0.3 is 4.74 Å². The minimum absolute atomic E-state index is 0.0810. The lowest BCUT2D eigenvalue weighted by Crippen LogP contribution is -2.10. The molecule has 1 aliphatic rings. The highest BCUT2D eigenvalue weighted by molar-refractivity contribution is 6.02. The number of hydrogen-bond acceptors (Lipinski definition) is 2. The fourth-order valence-electron chi connectivity index (χ4n) is 1.63. The van der Waals surface area contributed by atoms with E-state index in [0.717, 1.165) is 0 Å². The van der Waals surface area contributed by atoms with Crippen LogP contribution in [-0.4, -0.2) is 12.9 Å². The molecule has 76 valence electrons. The zero-order valence-electron chi connectivity index (χ0n) is 8.51. The highest BCUT2D eigenvalue weighted by Crippen LogP contribution is 2.23. The van der Waals surface area contributed by atoms with Gasteiger partial charge in [-0.2, -0.15) is 0 Å². The van der Waals surface area contributed by atoms with Crippen LogP contribution in [0.3, 0.4) is 0 Å². The van der Waals surface area contributed by atoms with Gasteiger partial charge in [0.05, 0.1) is 18.6 Å². The maximum atomic E-state index is 12.0. The molecule has 2 nitrogen and oxygen atoms in total. The molecule has 0 unspecified atom stereocenters. The van der Waals surface area contributed by atoms with Crippen LogP contribution in [0.4, 0.5) is 0 Å². The number of benzene rings is 1. The number of ether oxygens (including phenoxy) is 1. The Morgan fingerprint density at radius 1 is 1.20 bits per heavy atom. The highest BCUT2D eigenvalue weighted by atomic mass is 16.5. The number of para-hydroxylation sites is 1. The van der Waals surface area contributed by atoms with Crippen molar-refractivity contribution in [3.8, 4) is 5.75 Å². The molecule has 1 aromatic rings. The molecule has 0 aromatic heterocycles. The predicted octanol–water partition coefficient (Wildman–Crippen LogP) is 2.62.